The zero-order chi connectivity index (χ0) is 18.0. The zero-order valence-corrected chi connectivity index (χ0v) is 14.4. The number of fused-ring (bicyclic) bond motifs is 1. The molecule has 0 radical (unpaired) electrons. The van der Waals surface area contributed by atoms with E-state index in [2.05, 4.69) is 5.32 Å². The minimum Gasteiger partial charge on any atom is -0.497 e. The molecule has 3 rings (SSSR count). The van der Waals surface area contributed by atoms with Gasteiger partial charge in [-0.15, -0.1) is 0 Å². The Bertz CT molecular complexity index is 938. The summed E-state index contributed by atoms with van der Waals surface area (Å²) in [6.07, 6.45) is 0.406. The highest BCUT2D eigenvalue weighted by atomic mass is 16.5. The standard InChI is InChI=1S/C20H19NO4/c1-4-18(22)21-14-7-10-17-16(11-14)12(2)20(25-17)19(23)13-5-8-15(24-3)9-6-13/h5-11H,4H2,1-3H3,(H,21,22). The monoisotopic (exact) mass is 337 g/mol. The number of aryl methyl sites for hydroxylation is 1. The van der Waals surface area contributed by atoms with Crippen LogP contribution in [0.2, 0.25) is 0 Å². The molecule has 0 saturated carbocycles. The van der Waals surface area contributed by atoms with E-state index in [1.807, 2.05) is 13.0 Å². The predicted octanol–water partition coefficient (Wildman–Crippen LogP) is 4.33. The van der Waals surface area contributed by atoms with Gasteiger partial charge in [-0.1, -0.05) is 6.92 Å². The van der Waals surface area contributed by atoms with Gasteiger partial charge in [0.25, 0.3) is 0 Å². The van der Waals surface area contributed by atoms with Crippen LogP contribution >= 0.6 is 0 Å². The number of carbonyl (C=O) groups excluding carboxylic acids is 2. The average Bonchev–Trinajstić information content (AvgIpc) is 2.97. The van der Waals surface area contributed by atoms with Gasteiger partial charge in [-0.05, 0) is 49.4 Å². The number of hydrogen-bond donors (Lipinski definition) is 1. The molecule has 3 aromatic rings. The lowest BCUT2D eigenvalue weighted by atomic mass is 10.0. The van der Waals surface area contributed by atoms with Crippen LogP contribution < -0.4 is 10.1 Å². The summed E-state index contributed by atoms with van der Waals surface area (Å²) in [5.41, 5.74) is 2.58. The lowest BCUT2D eigenvalue weighted by Crippen LogP contribution is -2.09. The lowest BCUT2D eigenvalue weighted by molar-refractivity contribution is -0.115. The fourth-order valence-corrected chi connectivity index (χ4v) is 2.64. The molecule has 1 amide bonds. The summed E-state index contributed by atoms with van der Waals surface area (Å²) >= 11 is 0. The minimum absolute atomic E-state index is 0.0602. The first-order valence-electron chi connectivity index (χ1n) is 8.05. The Kier molecular flexibility index (Phi) is 4.57. The van der Waals surface area contributed by atoms with Crippen molar-refractivity contribution in [2.24, 2.45) is 0 Å². The van der Waals surface area contributed by atoms with Crippen LogP contribution in [0.3, 0.4) is 0 Å². The van der Waals surface area contributed by atoms with Crippen molar-refractivity contribution < 1.29 is 18.7 Å². The van der Waals surface area contributed by atoms with E-state index >= 15 is 0 Å². The SMILES string of the molecule is CCC(=O)Nc1ccc2oc(C(=O)c3ccc(OC)cc3)c(C)c2c1. The number of anilines is 1. The van der Waals surface area contributed by atoms with Crippen molar-refractivity contribution in [3.63, 3.8) is 0 Å². The molecule has 25 heavy (non-hydrogen) atoms. The molecule has 2 aromatic carbocycles. The van der Waals surface area contributed by atoms with E-state index in [4.69, 9.17) is 9.15 Å². The molecule has 0 atom stereocenters. The molecule has 0 aliphatic heterocycles. The number of ether oxygens (including phenoxy) is 1. The Hall–Kier alpha value is -3.08. The van der Waals surface area contributed by atoms with Crippen molar-refractivity contribution in [2.45, 2.75) is 20.3 Å². The predicted molar refractivity (Wildman–Crippen MR) is 96.3 cm³/mol. The second-order valence-corrected chi connectivity index (χ2v) is 5.73. The topological polar surface area (TPSA) is 68.5 Å². The van der Waals surface area contributed by atoms with Crippen molar-refractivity contribution in [1.82, 2.24) is 0 Å². The average molecular weight is 337 g/mol. The fourth-order valence-electron chi connectivity index (χ4n) is 2.64. The third-order valence-electron chi connectivity index (χ3n) is 4.10. The zero-order valence-electron chi connectivity index (χ0n) is 14.4. The summed E-state index contributed by atoms with van der Waals surface area (Å²) in [4.78, 5) is 24.3. The number of methoxy groups -OCH3 is 1. The number of hydrogen-bond acceptors (Lipinski definition) is 4. The van der Waals surface area contributed by atoms with Crippen LogP contribution in [0.1, 0.15) is 35.0 Å². The number of rotatable bonds is 5. The van der Waals surface area contributed by atoms with Gasteiger partial charge in [-0.2, -0.15) is 0 Å². The molecule has 1 aromatic heterocycles. The van der Waals surface area contributed by atoms with Crippen LogP contribution in [0.5, 0.6) is 5.75 Å². The first-order valence-corrected chi connectivity index (χ1v) is 8.05. The van der Waals surface area contributed by atoms with E-state index in [0.717, 1.165) is 10.9 Å². The maximum absolute atomic E-state index is 12.7. The van der Waals surface area contributed by atoms with Gasteiger partial charge in [0, 0.05) is 28.6 Å². The normalized spacial score (nSPS) is 10.7. The van der Waals surface area contributed by atoms with Gasteiger partial charge in [0.1, 0.15) is 11.3 Å². The van der Waals surface area contributed by atoms with Gasteiger partial charge in [0.15, 0.2) is 5.76 Å². The Morgan fingerprint density at radius 3 is 2.48 bits per heavy atom. The lowest BCUT2D eigenvalue weighted by Gasteiger charge is -2.03. The summed E-state index contributed by atoms with van der Waals surface area (Å²) < 4.78 is 10.9. The molecule has 1 heterocycles. The highest BCUT2D eigenvalue weighted by Gasteiger charge is 2.19. The van der Waals surface area contributed by atoms with Crippen LogP contribution in [0.25, 0.3) is 11.0 Å². The van der Waals surface area contributed by atoms with Gasteiger partial charge >= 0.3 is 0 Å². The Morgan fingerprint density at radius 2 is 1.84 bits per heavy atom. The molecule has 1 N–H and O–H groups in total. The second kappa shape index (κ2) is 6.81. The smallest absolute Gasteiger partial charge is 0.228 e. The van der Waals surface area contributed by atoms with Crippen LogP contribution in [0.4, 0.5) is 5.69 Å². The maximum atomic E-state index is 12.7. The Morgan fingerprint density at radius 1 is 1.12 bits per heavy atom. The van der Waals surface area contributed by atoms with Crippen LogP contribution in [0.15, 0.2) is 46.9 Å². The molecule has 0 fully saturated rings. The first kappa shape index (κ1) is 16.8. The fraction of sp³-hybridized carbons (Fsp3) is 0.200. The van der Waals surface area contributed by atoms with Crippen molar-refractivity contribution in [3.8, 4) is 5.75 Å². The minimum atomic E-state index is -0.185. The highest BCUT2D eigenvalue weighted by Crippen LogP contribution is 2.29. The third-order valence-corrected chi connectivity index (χ3v) is 4.10. The van der Waals surface area contributed by atoms with E-state index in [1.165, 1.54) is 0 Å². The van der Waals surface area contributed by atoms with Crippen LogP contribution in [-0.2, 0) is 4.79 Å². The van der Waals surface area contributed by atoms with Gasteiger partial charge < -0.3 is 14.5 Å². The summed E-state index contributed by atoms with van der Waals surface area (Å²) in [5, 5.41) is 3.63. The summed E-state index contributed by atoms with van der Waals surface area (Å²) in [6, 6.07) is 12.3. The summed E-state index contributed by atoms with van der Waals surface area (Å²) in [6.45, 7) is 3.64. The number of nitrogens with one attached hydrogen (secondary N) is 1. The van der Waals surface area contributed by atoms with Crippen molar-refractivity contribution in [1.29, 1.82) is 0 Å². The number of carbonyl (C=O) groups is 2. The maximum Gasteiger partial charge on any atom is 0.228 e. The molecule has 128 valence electrons. The van der Waals surface area contributed by atoms with E-state index in [1.54, 1.807) is 50.4 Å². The van der Waals surface area contributed by atoms with Crippen molar-refractivity contribution in [3.05, 3.63) is 59.4 Å². The molecule has 0 saturated heterocycles. The number of ketones is 1. The van der Waals surface area contributed by atoms with E-state index in [9.17, 15) is 9.59 Å². The largest absolute Gasteiger partial charge is 0.497 e. The summed E-state index contributed by atoms with van der Waals surface area (Å²) in [7, 11) is 1.58. The Labute approximate surface area is 145 Å². The molecular formula is C20H19NO4. The molecular weight excluding hydrogens is 318 g/mol. The van der Waals surface area contributed by atoms with E-state index in [-0.39, 0.29) is 11.7 Å². The molecule has 0 aliphatic rings. The molecule has 0 spiro atoms. The molecule has 5 nitrogen and oxygen atoms in total. The second-order valence-electron chi connectivity index (χ2n) is 5.73. The van der Waals surface area contributed by atoms with Crippen LogP contribution in [0, 0.1) is 6.92 Å². The van der Waals surface area contributed by atoms with Crippen molar-refractivity contribution in [2.75, 3.05) is 12.4 Å². The van der Waals surface area contributed by atoms with Gasteiger partial charge in [0.2, 0.25) is 11.7 Å². The van der Waals surface area contributed by atoms with E-state index < -0.39 is 0 Å². The van der Waals surface area contributed by atoms with Crippen LogP contribution in [-0.4, -0.2) is 18.8 Å². The van der Waals surface area contributed by atoms with E-state index in [0.29, 0.717) is 34.8 Å². The quantitative estimate of drug-likeness (QED) is 0.704. The number of amides is 1. The summed E-state index contributed by atoms with van der Waals surface area (Å²) in [5.74, 6) is 0.749. The third kappa shape index (κ3) is 3.26. The van der Waals surface area contributed by atoms with Gasteiger partial charge in [-0.25, -0.2) is 0 Å². The molecule has 0 unspecified atom stereocenters. The Balaban J connectivity index is 1.97. The highest BCUT2D eigenvalue weighted by molar-refractivity contribution is 6.10. The van der Waals surface area contributed by atoms with Crippen molar-refractivity contribution >= 4 is 28.3 Å². The molecule has 5 heteroatoms. The molecule has 0 bridgehead atoms. The first-order chi connectivity index (χ1) is 12.0. The number of furan rings is 1. The number of benzene rings is 2. The molecule has 0 aliphatic carbocycles. The van der Waals surface area contributed by atoms with Gasteiger partial charge in [-0.3, -0.25) is 9.59 Å². The van der Waals surface area contributed by atoms with Gasteiger partial charge in [0.05, 0.1) is 7.11 Å².